The van der Waals surface area contributed by atoms with E-state index in [1.807, 2.05) is 25.1 Å². The van der Waals surface area contributed by atoms with Crippen LogP contribution in [-0.2, 0) is 0 Å². The first-order valence-corrected chi connectivity index (χ1v) is 7.53. The second-order valence-electron chi connectivity index (χ2n) is 4.37. The second kappa shape index (κ2) is 6.61. The van der Waals surface area contributed by atoms with Gasteiger partial charge in [0, 0.05) is 20.1 Å². The molecule has 104 valence electrons. The van der Waals surface area contributed by atoms with Crippen LogP contribution >= 0.6 is 39.1 Å². The molecule has 0 spiro atoms. The van der Waals surface area contributed by atoms with E-state index in [1.54, 1.807) is 24.3 Å². The highest BCUT2D eigenvalue weighted by Gasteiger charge is 2.14. The molecule has 2 rings (SSSR count). The highest BCUT2D eigenvalue weighted by atomic mass is 79.9. The van der Waals surface area contributed by atoms with Gasteiger partial charge < -0.3 is 5.32 Å². The van der Waals surface area contributed by atoms with Gasteiger partial charge in [-0.2, -0.15) is 0 Å². The third kappa shape index (κ3) is 3.75. The summed E-state index contributed by atoms with van der Waals surface area (Å²) < 4.78 is 0.933. The molecule has 0 aliphatic rings. The van der Waals surface area contributed by atoms with Crippen LogP contribution in [0.15, 0.2) is 46.9 Å². The number of hydrogen-bond acceptors (Lipinski definition) is 1. The minimum atomic E-state index is -0.198. The highest BCUT2D eigenvalue weighted by Crippen LogP contribution is 2.26. The Morgan fingerprint density at radius 3 is 2.40 bits per heavy atom. The van der Waals surface area contributed by atoms with E-state index in [1.165, 1.54) is 0 Å². The quantitative estimate of drug-likeness (QED) is 0.783. The maximum Gasteiger partial charge on any atom is 0.251 e. The van der Waals surface area contributed by atoms with E-state index >= 15 is 0 Å². The van der Waals surface area contributed by atoms with Gasteiger partial charge in [-0.3, -0.25) is 4.79 Å². The zero-order valence-corrected chi connectivity index (χ0v) is 13.8. The lowest BCUT2D eigenvalue weighted by atomic mass is 10.1. The van der Waals surface area contributed by atoms with E-state index in [-0.39, 0.29) is 11.9 Å². The predicted octanol–water partition coefficient (Wildman–Crippen LogP) is 5.25. The van der Waals surface area contributed by atoms with Gasteiger partial charge in [0.25, 0.3) is 5.91 Å². The average molecular weight is 373 g/mol. The van der Waals surface area contributed by atoms with E-state index < -0.39 is 0 Å². The molecule has 2 nitrogen and oxygen atoms in total. The van der Waals surface area contributed by atoms with Crippen molar-refractivity contribution in [1.82, 2.24) is 5.32 Å². The van der Waals surface area contributed by atoms with Crippen molar-refractivity contribution in [3.05, 3.63) is 68.1 Å². The van der Waals surface area contributed by atoms with Crippen molar-refractivity contribution >= 4 is 45.0 Å². The Bertz CT molecular complexity index is 628. The Morgan fingerprint density at radius 2 is 1.80 bits per heavy atom. The van der Waals surface area contributed by atoms with Crippen LogP contribution in [0.4, 0.5) is 0 Å². The molecule has 1 atom stereocenters. The number of hydrogen-bond donors (Lipinski definition) is 1. The molecule has 0 aromatic heterocycles. The number of carbonyl (C=O) groups is 1. The largest absolute Gasteiger partial charge is 0.345 e. The lowest BCUT2D eigenvalue weighted by Crippen LogP contribution is -2.26. The molecule has 0 aliphatic carbocycles. The Kier molecular flexibility index (Phi) is 5.08. The molecule has 1 amide bonds. The number of rotatable bonds is 3. The molecule has 0 saturated carbocycles. The van der Waals surface area contributed by atoms with Crippen molar-refractivity contribution in [3.8, 4) is 0 Å². The third-order valence-corrected chi connectivity index (χ3v) is 3.97. The van der Waals surface area contributed by atoms with Crippen molar-refractivity contribution in [2.75, 3.05) is 0 Å². The Balaban J connectivity index is 2.12. The molecular weight excluding hydrogens is 361 g/mol. The maximum absolute atomic E-state index is 12.1. The molecule has 0 saturated heterocycles. The molecule has 0 bridgehead atoms. The molecule has 5 heteroatoms. The van der Waals surface area contributed by atoms with E-state index in [4.69, 9.17) is 23.2 Å². The molecular formula is C15H12BrCl2NO. The van der Waals surface area contributed by atoms with Crippen molar-refractivity contribution in [1.29, 1.82) is 0 Å². The fourth-order valence-corrected chi connectivity index (χ4v) is 2.65. The van der Waals surface area contributed by atoms with Gasteiger partial charge in [0.2, 0.25) is 0 Å². The summed E-state index contributed by atoms with van der Waals surface area (Å²) in [6, 6.07) is 12.2. The smallest absolute Gasteiger partial charge is 0.251 e. The van der Waals surface area contributed by atoms with Crippen molar-refractivity contribution in [3.63, 3.8) is 0 Å². The normalized spacial score (nSPS) is 12.0. The number of carbonyl (C=O) groups excluding carboxylic acids is 1. The zero-order valence-electron chi connectivity index (χ0n) is 10.7. The molecule has 0 radical (unpaired) electrons. The van der Waals surface area contributed by atoms with E-state index in [9.17, 15) is 4.79 Å². The summed E-state index contributed by atoms with van der Waals surface area (Å²) in [5, 5.41) is 4.03. The third-order valence-electron chi connectivity index (χ3n) is 2.88. The topological polar surface area (TPSA) is 29.1 Å². The summed E-state index contributed by atoms with van der Waals surface area (Å²) >= 11 is 15.3. The average Bonchev–Trinajstić information content (AvgIpc) is 2.39. The lowest BCUT2D eigenvalue weighted by Gasteiger charge is -2.16. The van der Waals surface area contributed by atoms with Crippen molar-refractivity contribution in [2.24, 2.45) is 0 Å². The molecule has 0 fully saturated rings. The minimum Gasteiger partial charge on any atom is -0.345 e. The van der Waals surface area contributed by atoms with Crippen LogP contribution in [-0.4, -0.2) is 5.91 Å². The highest BCUT2D eigenvalue weighted by molar-refractivity contribution is 9.10. The van der Waals surface area contributed by atoms with Gasteiger partial charge in [0.05, 0.1) is 6.04 Å². The molecule has 0 unspecified atom stereocenters. The number of benzene rings is 2. The SMILES string of the molecule is C[C@H](NC(=O)c1ccc(Br)cc1)c1ccc(Cl)cc1Cl. The summed E-state index contributed by atoms with van der Waals surface area (Å²) in [4.78, 5) is 12.1. The van der Waals surface area contributed by atoms with E-state index in [0.717, 1.165) is 10.0 Å². The lowest BCUT2D eigenvalue weighted by molar-refractivity contribution is 0.0940. The van der Waals surface area contributed by atoms with Crippen LogP contribution in [0.1, 0.15) is 28.9 Å². The Morgan fingerprint density at radius 1 is 1.15 bits per heavy atom. The summed E-state index contributed by atoms with van der Waals surface area (Å²) in [7, 11) is 0. The van der Waals surface area contributed by atoms with E-state index in [2.05, 4.69) is 21.2 Å². The molecule has 0 heterocycles. The molecule has 2 aromatic rings. The van der Waals surface area contributed by atoms with Crippen LogP contribution in [0.3, 0.4) is 0 Å². The fourth-order valence-electron chi connectivity index (χ4n) is 1.81. The van der Waals surface area contributed by atoms with Crippen LogP contribution in [0.25, 0.3) is 0 Å². The number of amides is 1. The van der Waals surface area contributed by atoms with Crippen molar-refractivity contribution in [2.45, 2.75) is 13.0 Å². The number of nitrogens with one attached hydrogen (secondary N) is 1. The zero-order chi connectivity index (χ0) is 14.7. The second-order valence-corrected chi connectivity index (χ2v) is 6.13. The molecule has 1 N–H and O–H groups in total. The monoisotopic (exact) mass is 371 g/mol. The predicted molar refractivity (Wildman–Crippen MR) is 86.5 cm³/mol. The van der Waals surface area contributed by atoms with Crippen LogP contribution in [0, 0.1) is 0 Å². The number of halogens is 3. The summed E-state index contributed by atoms with van der Waals surface area (Å²) in [5.74, 6) is -0.143. The minimum absolute atomic E-state index is 0.143. The molecule has 2 aromatic carbocycles. The van der Waals surface area contributed by atoms with Crippen molar-refractivity contribution < 1.29 is 4.79 Å². The van der Waals surface area contributed by atoms with Gasteiger partial charge in [0.1, 0.15) is 0 Å². The Hall–Kier alpha value is -1.03. The summed E-state index contributed by atoms with van der Waals surface area (Å²) in [6.45, 7) is 1.88. The van der Waals surface area contributed by atoms with Gasteiger partial charge in [-0.1, -0.05) is 45.2 Å². The van der Waals surface area contributed by atoms with Crippen LogP contribution in [0.2, 0.25) is 10.0 Å². The van der Waals surface area contributed by atoms with Gasteiger partial charge in [-0.25, -0.2) is 0 Å². The fraction of sp³-hybridized carbons (Fsp3) is 0.133. The van der Waals surface area contributed by atoms with Gasteiger partial charge in [-0.05, 0) is 48.9 Å². The van der Waals surface area contributed by atoms with E-state index in [0.29, 0.717) is 15.6 Å². The van der Waals surface area contributed by atoms with Crippen LogP contribution < -0.4 is 5.32 Å². The first-order chi connectivity index (χ1) is 9.47. The summed E-state index contributed by atoms with van der Waals surface area (Å²) in [6.07, 6.45) is 0. The van der Waals surface area contributed by atoms with Gasteiger partial charge >= 0.3 is 0 Å². The standard InChI is InChI=1S/C15H12BrCl2NO/c1-9(13-7-6-12(17)8-14(13)18)19-15(20)10-2-4-11(16)5-3-10/h2-9H,1H3,(H,19,20)/t9-/m0/s1. The Labute approximate surface area is 136 Å². The van der Waals surface area contributed by atoms with Gasteiger partial charge in [-0.15, -0.1) is 0 Å². The maximum atomic E-state index is 12.1. The van der Waals surface area contributed by atoms with Gasteiger partial charge in [0.15, 0.2) is 0 Å². The molecule has 0 aliphatic heterocycles. The van der Waals surface area contributed by atoms with Crippen LogP contribution in [0.5, 0.6) is 0 Å². The molecule has 20 heavy (non-hydrogen) atoms. The first-order valence-electron chi connectivity index (χ1n) is 5.99. The first kappa shape index (κ1) is 15.4. The summed E-state index contributed by atoms with van der Waals surface area (Å²) in [5.41, 5.74) is 1.44.